The van der Waals surface area contributed by atoms with E-state index in [1.807, 2.05) is 30.3 Å². The molecule has 0 fully saturated rings. The van der Waals surface area contributed by atoms with Crippen molar-refractivity contribution in [3.05, 3.63) is 70.7 Å². The number of aryl methyl sites for hydroxylation is 1. The minimum Gasteiger partial charge on any atom is -0.497 e. The molecule has 29 heavy (non-hydrogen) atoms. The summed E-state index contributed by atoms with van der Waals surface area (Å²) < 4.78 is 10.8. The second-order valence-corrected chi connectivity index (χ2v) is 7.59. The molecular formula is C22H22N2O4S. The van der Waals surface area contributed by atoms with Crippen LogP contribution in [0.25, 0.3) is 10.6 Å². The number of carbonyl (C=O) groups is 2. The minimum atomic E-state index is -1.01. The van der Waals surface area contributed by atoms with Crippen LogP contribution in [0, 0.1) is 6.92 Å². The standard InChI is InChI=1S/C22H22N2O4S/c1-14-19(29-20(23-14)16-10-12-17(27-4)13-11-16)22(26)28-18(21(25)24(2)3)15-8-6-5-7-9-15/h5-13,18H,1-4H3/t18-/m1/s1. The van der Waals surface area contributed by atoms with Gasteiger partial charge in [-0.3, -0.25) is 4.79 Å². The first-order valence-electron chi connectivity index (χ1n) is 8.99. The number of thiazole rings is 1. The molecule has 1 heterocycles. The molecule has 0 aliphatic heterocycles. The van der Waals surface area contributed by atoms with Gasteiger partial charge in [0.1, 0.15) is 15.6 Å². The van der Waals surface area contributed by atoms with Crippen LogP contribution in [0.5, 0.6) is 5.75 Å². The average molecular weight is 410 g/mol. The van der Waals surface area contributed by atoms with Gasteiger partial charge in [-0.05, 0) is 31.2 Å². The van der Waals surface area contributed by atoms with E-state index in [9.17, 15) is 9.59 Å². The summed E-state index contributed by atoms with van der Waals surface area (Å²) >= 11 is 1.24. The van der Waals surface area contributed by atoms with Gasteiger partial charge in [-0.1, -0.05) is 30.3 Å². The van der Waals surface area contributed by atoms with Crippen molar-refractivity contribution in [2.24, 2.45) is 0 Å². The van der Waals surface area contributed by atoms with E-state index in [4.69, 9.17) is 9.47 Å². The van der Waals surface area contributed by atoms with Crippen LogP contribution in [-0.4, -0.2) is 43.0 Å². The second kappa shape index (κ2) is 8.87. The van der Waals surface area contributed by atoms with E-state index in [2.05, 4.69) is 4.98 Å². The Labute approximate surface area is 173 Å². The number of aromatic nitrogens is 1. The van der Waals surface area contributed by atoms with Crippen molar-refractivity contribution in [3.8, 4) is 16.3 Å². The van der Waals surface area contributed by atoms with Gasteiger partial charge in [-0.2, -0.15) is 0 Å². The van der Waals surface area contributed by atoms with Gasteiger partial charge in [0.05, 0.1) is 12.8 Å². The molecule has 0 spiro atoms. The maximum Gasteiger partial charge on any atom is 0.351 e. The van der Waals surface area contributed by atoms with Gasteiger partial charge in [0.15, 0.2) is 0 Å². The van der Waals surface area contributed by atoms with Gasteiger partial charge in [-0.15, -0.1) is 11.3 Å². The zero-order valence-electron chi connectivity index (χ0n) is 16.7. The molecule has 1 aromatic heterocycles. The van der Waals surface area contributed by atoms with Crippen LogP contribution < -0.4 is 4.74 Å². The Morgan fingerprint density at radius 1 is 1.03 bits per heavy atom. The summed E-state index contributed by atoms with van der Waals surface area (Å²) in [7, 11) is 4.87. The monoisotopic (exact) mass is 410 g/mol. The molecule has 0 unspecified atom stereocenters. The highest BCUT2D eigenvalue weighted by Crippen LogP contribution is 2.31. The molecule has 0 saturated heterocycles. The molecule has 0 aliphatic rings. The Balaban J connectivity index is 1.86. The lowest BCUT2D eigenvalue weighted by Crippen LogP contribution is -2.31. The topological polar surface area (TPSA) is 68.7 Å². The SMILES string of the molecule is COc1ccc(-c2nc(C)c(C(=O)O[C@@H](C(=O)N(C)C)c3ccccc3)s2)cc1. The first-order chi connectivity index (χ1) is 13.9. The zero-order chi connectivity index (χ0) is 21.0. The predicted molar refractivity (Wildman–Crippen MR) is 112 cm³/mol. The maximum absolute atomic E-state index is 12.9. The predicted octanol–water partition coefficient (Wildman–Crippen LogP) is 4.11. The normalized spacial score (nSPS) is 11.6. The summed E-state index contributed by atoms with van der Waals surface area (Å²) in [6.45, 7) is 1.76. The fourth-order valence-electron chi connectivity index (χ4n) is 2.73. The van der Waals surface area contributed by atoms with Crippen LogP contribution in [0.2, 0.25) is 0 Å². The van der Waals surface area contributed by atoms with Crippen molar-refractivity contribution >= 4 is 23.2 Å². The molecule has 7 heteroatoms. The number of hydrogen-bond donors (Lipinski definition) is 0. The second-order valence-electron chi connectivity index (χ2n) is 6.59. The van der Waals surface area contributed by atoms with Crippen LogP contribution in [0.4, 0.5) is 0 Å². The van der Waals surface area contributed by atoms with Crippen LogP contribution in [0.1, 0.15) is 27.0 Å². The van der Waals surface area contributed by atoms with Crippen molar-refractivity contribution in [1.82, 2.24) is 9.88 Å². The third-order valence-electron chi connectivity index (χ3n) is 4.31. The van der Waals surface area contributed by atoms with Gasteiger partial charge in [0, 0.05) is 25.2 Å². The highest BCUT2D eigenvalue weighted by atomic mass is 32.1. The Hall–Kier alpha value is -3.19. The van der Waals surface area contributed by atoms with E-state index in [1.165, 1.54) is 16.2 Å². The Kier molecular flexibility index (Phi) is 6.29. The number of hydrogen-bond acceptors (Lipinski definition) is 6. The summed E-state index contributed by atoms with van der Waals surface area (Å²) in [4.78, 5) is 31.8. The van der Waals surface area contributed by atoms with E-state index in [0.717, 1.165) is 11.3 Å². The minimum absolute atomic E-state index is 0.304. The molecule has 0 aliphatic carbocycles. The van der Waals surface area contributed by atoms with Crippen molar-refractivity contribution in [3.63, 3.8) is 0 Å². The molecule has 0 saturated carbocycles. The van der Waals surface area contributed by atoms with Gasteiger partial charge in [-0.25, -0.2) is 9.78 Å². The molecule has 3 aromatic rings. The molecule has 6 nitrogen and oxygen atoms in total. The Morgan fingerprint density at radius 3 is 2.28 bits per heavy atom. The number of methoxy groups -OCH3 is 1. The molecule has 3 rings (SSSR count). The van der Waals surface area contributed by atoms with E-state index in [0.29, 0.717) is 21.1 Å². The van der Waals surface area contributed by atoms with Gasteiger partial charge >= 0.3 is 5.97 Å². The quantitative estimate of drug-likeness (QED) is 0.572. The highest BCUT2D eigenvalue weighted by Gasteiger charge is 2.29. The van der Waals surface area contributed by atoms with Crippen molar-refractivity contribution in [2.75, 3.05) is 21.2 Å². The number of likely N-dealkylation sites (N-methyl/N-ethyl adjacent to an activating group) is 1. The van der Waals surface area contributed by atoms with E-state index in [1.54, 1.807) is 52.4 Å². The Morgan fingerprint density at radius 2 is 1.69 bits per heavy atom. The average Bonchev–Trinajstić information content (AvgIpc) is 3.13. The number of rotatable bonds is 6. The molecule has 0 radical (unpaired) electrons. The molecule has 0 N–H and O–H groups in total. The van der Waals surface area contributed by atoms with Crippen molar-refractivity contribution < 1.29 is 19.1 Å². The largest absolute Gasteiger partial charge is 0.497 e. The van der Waals surface area contributed by atoms with Gasteiger partial charge in [0.2, 0.25) is 6.10 Å². The fraction of sp³-hybridized carbons (Fsp3) is 0.227. The molecule has 150 valence electrons. The smallest absolute Gasteiger partial charge is 0.351 e. The summed E-state index contributed by atoms with van der Waals surface area (Å²) in [6.07, 6.45) is -1.01. The first-order valence-corrected chi connectivity index (χ1v) is 9.81. The maximum atomic E-state index is 12.9. The van der Waals surface area contributed by atoms with Crippen molar-refractivity contribution in [1.29, 1.82) is 0 Å². The summed E-state index contributed by atoms with van der Waals surface area (Å²) in [5.41, 5.74) is 2.06. The number of amides is 1. The van der Waals surface area contributed by atoms with E-state index in [-0.39, 0.29) is 5.91 Å². The summed E-state index contributed by atoms with van der Waals surface area (Å²) in [5, 5.41) is 0.701. The van der Waals surface area contributed by atoms with E-state index >= 15 is 0 Å². The number of benzene rings is 2. The number of nitrogens with zero attached hydrogens (tertiary/aromatic N) is 2. The molecular weight excluding hydrogens is 388 g/mol. The lowest BCUT2D eigenvalue weighted by molar-refractivity contribution is -0.138. The van der Waals surface area contributed by atoms with Crippen LogP contribution in [0.15, 0.2) is 54.6 Å². The van der Waals surface area contributed by atoms with Crippen LogP contribution >= 0.6 is 11.3 Å². The third kappa shape index (κ3) is 4.63. The lowest BCUT2D eigenvalue weighted by atomic mass is 10.1. The molecule has 1 amide bonds. The molecule has 2 aromatic carbocycles. The first kappa shape index (κ1) is 20.5. The zero-order valence-corrected chi connectivity index (χ0v) is 17.5. The highest BCUT2D eigenvalue weighted by molar-refractivity contribution is 7.17. The van der Waals surface area contributed by atoms with Gasteiger partial charge in [0.25, 0.3) is 5.91 Å². The van der Waals surface area contributed by atoms with Gasteiger partial charge < -0.3 is 14.4 Å². The van der Waals surface area contributed by atoms with Crippen LogP contribution in [-0.2, 0) is 9.53 Å². The summed E-state index contributed by atoms with van der Waals surface area (Å²) in [5.74, 6) is -0.125. The van der Waals surface area contributed by atoms with E-state index < -0.39 is 12.1 Å². The number of esters is 1. The molecule has 1 atom stereocenters. The Bertz CT molecular complexity index is 997. The summed E-state index contributed by atoms with van der Waals surface area (Å²) in [6, 6.07) is 16.4. The third-order valence-corrected chi connectivity index (χ3v) is 5.50. The van der Waals surface area contributed by atoms with Crippen molar-refractivity contribution in [2.45, 2.75) is 13.0 Å². The molecule has 0 bridgehead atoms. The number of ether oxygens (including phenoxy) is 2. The fourth-order valence-corrected chi connectivity index (χ4v) is 3.68. The number of carbonyl (C=O) groups excluding carboxylic acids is 2. The lowest BCUT2D eigenvalue weighted by Gasteiger charge is -2.21. The van der Waals surface area contributed by atoms with Crippen LogP contribution in [0.3, 0.4) is 0 Å².